The van der Waals surface area contributed by atoms with Crippen molar-refractivity contribution in [3.8, 4) is 0 Å². The number of benzene rings is 2. The molecule has 1 saturated heterocycles. The van der Waals surface area contributed by atoms with Crippen LogP contribution in [-0.4, -0.2) is 49.3 Å². The van der Waals surface area contributed by atoms with E-state index < -0.39 is 0 Å². The molecule has 0 atom stereocenters. The van der Waals surface area contributed by atoms with E-state index in [4.69, 9.17) is 17.0 Å². The lowest BCUT2D eigenvalue weighted by Crippen LogP contribution is -3.13. The summed E-state index contributed by atoms with van der Waals surface area (Å²) in [5, 5.41) is 4.06. The van der Waals surface area contributed by atoms with Crippen LogP contribution in [-0.2, 0) is 22.5 Å². The zero-order valence-electron chi connectivity index (χ0n) is 15.6. The minimum atomic E-state index is -0.234. The molecular formula is C21H26N3O2S+. The van der Waals surface area contributed by atoms with Crippen LogP contribution in [0.5, 0.6) is 0 Å². The van der Waals surface area contributed by atoms with Crippen molar-refractivity contribution in [2.45, 2.75) is 13.0 Å². The molecule has 0 saturated carbocycles. The largest absolute Gasteiger partial charge is 0.469 e. The molecular weight excluding hydrogens is 358 g/mol. The number of rotatable bonds is 5. The zero-order valence-corrected chi connectivity index (χ0v) is 16.4. The quantitative estimate of drug-likeness (QED) is 0.604. The second-order valence-corrected chi connectivity index (χ2v) is 7.17. The average molecular weight is 385 g/mol. The van der Waals surface area contributed by atoms with E-state index in [2.05, 4.69) is 40.5 Å². The van der Waals surface area contributed by atoms with Gasteiger partial charge in [0, 0.05) is 11.3 Å². The summed E-state index contributed by atoms with van der Waals surface area (Å²) in [7, 11) is 1.40. The third-order valence-electron chi connectivity index (χ3n) is 4.84. The number of piperazine rings is 1. The number of esters is 1. The monoisotopic (exact) mass is 384 g/mol. The molecule has 0 amide bonds. The molecule has 142 valence electrons. The third-order valence-corrected chi connectivity index (χ3v) is 5.20. The second kappa shape index (κ2) is 9.48. The highest BCUT2D eigenvalue weighted by Crippen LogP contribution is 2.11. The number of thiocarbonyl (C=S) groups is 1. The van der Waals surface area contributed by atoms with Gasteiger partial charge in [0.2, 0.25) is 0 Å². The van der Waals surface area contributed by atoms with Gasteiger partial charge in [-0.05, 0) is 29.9 Å². The Morgan fingerprint density at radius 2 is 1.74 bits per heavy atom. The highest BCUT2D eigenvalue weighted by molar-refractivity contribution is 7.80. The minimum absolute atomic E-state index is 0.234. The smallest absolute Gasteiger partial charge is 0.309 e. The molecule has 1 aliphatic heterocycles. The van der Waals surface area contributed by atoms with Crippen molar-refractivity contribution < 1.29 is 14.4 Å². The van der Waals surface area contributed by atoms with Gasteiger partial charge >= 0.3 is 5.97 Å². The van der Waals surface area contributed by atoms with Crippen molar-refractivity contribution in [2.24, 2.45) is 0 Å². The van der Waals surface area contributed by atoms with Crippen molar-refractivity contribution in [2.75, 3.05) is 38.6 Å². The zero-order chi connectivity index (χ0) is 19.1. The first-order chi connectivity index (χ1) is 13.1. The molecule has 0 unspecified atom stereocenters. The first kappa shape index (κ1) is 19.3. The van der Waals surface area contributed by atoms with Crippen LogP contribution in [0.4, 0.5) is 5.69 Å². The first-order valence-corrected chi connectivity index (χ1v) is 9.64. The third kappa shape index (κ3) is 5.77. The van der Waals surface area contributed by atoms with Gasteiger partial charge in [0.25, 0.3) is 0 Å². The summed E-state index contributed by atoms with van der Waals surface area (Å²) >= 11 is 5.58. The van der Waals surface area contributed by atoms with Crippen LogP contribution in [0.25, 0.3) is 0 Å². The number of methoxy groups -OCH3 is 1. The van der Waals surface area contributed by atoms with Gasteiger partial charge in [-0.1, -0.05) is 42.5 Å². The Bertz CT molecular complexity index is 757. The number of hydrogen-bond donors (Lipinski definition) is 2. The molecule has 2 aromatic carbocycles. The van der Waals surface area contributed by atoms with Crippen LogP contribution in [0.1, 0.15) is 11.1 Å². The van der Waals surface area contributed by atoms with E-state index in [-0.39, 0.29) is 12.4 Å². The van der Waals surface area contributed by atoms with Gasteiger partial charge < -0.3 is 19.9 Å². The first-order valence-electron chi connectivity index (χ1n) is 9.23. The molecule has 3 rings (SSSR count). The normalized spacial score (nSPS) is 14.6. The predicted octanol–water partition coefficient (Wildman–Crippen LogP) is 1.50. The topological polar surface area (TPSA) is 46.0 Å². The van der Waals surface area contributed by atoms with E-state index in [0.29, 0.717) is 0 Å². The van der Waals surface area contributed by atoms with Crippen LogP contribution in [0.2, 0.25) is 0 Å². The summed E-state index contributed by atoms with van der Waals surface area (Å²) in [6, 6.07) is 18.4. The fourth-order valence-corrected chi connectivity index (χ4v) is 3.54. The van der Waals surface area contributed by atoms with Crippen molar-refractivity contribution in [1.82, 2.24) is 4.90 Å². The fraction of sp³-hybridized carbons (Fsp3) is 0.333. The van der Waals surface area contributed by atoms with E-state index in [1.165, 1.54) is 12.7 Å². The average Bonchev–Trinajstić information content (AvgIpc) is 2.70. The van der Waals surface area contributed by atoms with Crippen LogP contribution in [0.3, 0.4) is 0 Å². The summed E-state index contributed by atoms with van der Waals surface area (Å²) < 4.78 is 4.69. The Kier molecular flexibility index (Phi) is 6.79. The Hall–Kier alpha value is -2.44. The molecule has 5 nitrogen and oxygen atoms in total. The van der Waals surface area contributed by atoms with Gasteiger partial charge in [0.05, 0.1) is 39.7 Å². The summed E-state index contributed by atoms with van der Waals surface area (Å²) in [6.07, 6.45) is 0.285. The lowest BCUT2D eigenvalue weighted by molar-refractivity contribution is -0.917. The summed E-state index contributed by atoms with van der Waals surface area (Å²) in [4.78, 5) is 15.1. The Morgan fingerprint density at radius 1 is 1.07 bits per heavy atom. The minimum Gasteiger partial charge on any atom is -0.469 e. The molecule has 1 fully saturated rings. The Labute approximate surface area is 165 Å². The summed E-state index contributed by atoms with van der Waals surface area (Å²) in [5.74, 6) is -0.234. The molecule has 0 radical (unpaired) electrons. The number of anilines is 1. The Morgan fingerprint density at radius 3 is 2.37 bits per heavy atom. The molecule has 2 aromatic rings. The van der Waals surface area contributed by atoms with Gasteiger partial charge in [-0.25, -0.2) is 0 Å². The predicted molar refractivity (Wildman–Crippen MR) is 111 cm³/mol. The van der Waals surface area contributed by atoms with Crippen LogP contribution in [0.15, 0.2) is 54.6 Å². The molecule has 27 heavy (non-hydrogen) atoms. The second-order valence-electron chi connectivity index (χ2n) is 6.78. The number of hydrogen-bond acceptors (Lipinski definition) is 3. The van der Waals surface area contributed by atoms with Crippen molar-refractivity contribution in [1.29, 1.82) is 0 Å². The van der Waals surface area contributed by atoms with E-state index in [1.54, 1.807) is 4.90 Å². The summed E-state index contributed by atoms with van der Waals surface area (Å²) in [6.45, 7) is 5.13. The maximum atomic E-state index is 11.3. The molecule has 6 heteroatoms. The van der Waals surface area contributed by atoms with Crippen LogP contribution >= 0.6 is 12.2 Å². The molecule has 0 bridgehead atoms. The maximum absolute atomic E-state index is 11.3. The van der Waals surface area contributed by atoms with Gasteiger partial charge in [0.15, 0.2) is 5.11 Å². The van der Waals surface area contributed by atoms with Crippen molar-refractivity contribution in [3.63, 3.8) is 0 Å². The lowest BCUT2D eigenvalue weighted by Gasteiger charge is -2.34. The Balaban J connectivity index is 1.46. The highest BCUT2D eigenvalue weighted by Gasteiger charge is 2.21. The number of carbonyl (C=O) groups excluding carboxylic acids is 1. The maximum Gasteiger partial charge on any atom is 0.309 e. The number of nitrogens with zero attached hydrogens (tertiary/aromatic N) is 1. The molecule has 1 aliphatic rings. The van der Waals surface area contributed by atoms with E-state index in [0.717, 1.165) is 49.1 Å². The highest BCUT2D eigenvalue weighted by atomic mass is 32.1. The van der Waals surface area contributed by atoms with E-state index in [1.807, 2.05) is 24.3 Å². The molecule has 1 heterocycles. The van der Waals surface area contributed by atoms with Gasteiger partial charge in [-0.3, -0.25) is 4.79 Å². The number of ether oxygens (including phenoxy) is 1. The summed E-state index contributed by atoms with van der Waals surface area (Å²) in [5.41, 5.74) is 3.25. The molecule has 0 spiro atoms. The van der Waals surface area contributed by atoms with Crippen molar-refractivity contribution in [3.05, 3.63) is 65.7 Å². The SMILES string of the molecule is COC(=O)Cc1ccc(NC(=S)N2CC[NH+](Cc3ccccc3)CC2)cc1. The van der Waals surface area contributed by atoms with Crippen LogP contribution < -0.4 is 10.2 Å². The number of carbonyl (C=O) groups is 1. The van der Waals surface area contributed by atoms with Gasteiger partial charge in [0.1, 0.15) is 6.54 Å². The van der Waals surface area contributed by atoms with E-state index in [9.17, 15) is 4.79 Å². The standard InChI is InChI=1S/C21H25N3O2S/c1-26-20(25)15-17-7-9-19(10-8-17)22-21(27)24-13-11-23(12-14-24)16-18-5-3-2-4-6-18/h2-10H,11-16H2,1H3,(H,22,27)/p+1. The van der Waals surface area contributed by atoms with Gasteiger partial charge in [-0.2, -0.15) is 0 Å². The van der Waals surface area contributed by atoms with E-state index >= 15 is 0 Å². The van der Waals surface area contributed by atoms with Gasteiger partial charge in [-0.15, -0.1) is 0 Å². The molecule has 0 aliphatic carbocycles. The van der Waals surface area contributed by atoms with Crippen LogP contribution in [0, 0.1) is 0 Å². The number of nitrogens with one attached hydrogen (secondary N) is 2. The van der Waals surface area contributed by atoms with Crippen molar-refractivity contribution >= 4 is 29.0 Å². The molecule has 2 N–H and O–H groups in total. The fourth-order valence-electron chi connectivity index (χ4n) is 3.23. The molecule has 0 aromatic heterocycles. The lowest BCUT2D eigenvalue weighted by atomic mass is 10.1. The number of quaternary nitrogens is 1.